The molecule has 1 unspecified atom stereocenters. The minimum Gasteiger partial charge on any atom is -0.282 e. The van der Waals surface area contributed by atoms with E-state index in [4.69, 9.17) is 27.8 Å². The Morgan fingerprint density at radius 2 is 1.59 bits per heavy atom. The zero-order valence-corrected chi connectivity index (χ0v) is 21.5. The van der Waals surface area contributed by atoms with Gasteiger partial charge in [-0.05, 0) is 43.3 Å². The third kappa shape index (κ3) is 5.73. The van der Waals surface area contributed by atoms with Gasteiger partial charge in [0, 0.05) is 0 Å². The predicted molar refractivity (Wildman–Crippen MR) is 111 cm³/mol. The monoisotopic (exact) mass is 529 g/mol. The van der Waals surface area contributed by atoms with Crippen molar-refractivity contribution in [3.63, 3.8) is 0 Å². The molecule has 1 aliphatic rings. The summed E-state index contributed by atoms with van der Waals surface area (Å²) in [6, 6.07) is 5.62. The van der Waals surface area contributed by atoms with Crippen LogP contribution in [-0.4, -0.2) is 43.6 Å². The smallest absolute Gasteiger partial charge is 0.282 e. The molecule has 0 saturated carbocycles. The van der Waals surface area contributed by atoms with E-state index in [1.54, 1.807) is 0 Å². The average molecular weight is 530 g/mol. The fraction of sp³-hybridized carbons (Fsp3) is 0.125. The standard InChI is InChI=1S/C16H12Cl2N4O7S2.Na/c1-8-15(20-19-9-2-4-10(5-3-9)30(24,25)26)16(23)22(21-8)13-6-12(18)14(7-11(13)17)31(27,28)29;/h2-7,15H,1H3,(H,24,25,26)(H,27,28,29);/q;+1. The summed E-state index contributed by atoms with van der Waals surface area (Å²) in [7, 11) is -8.98. The van der Waals surface area contributed by atoms with Gasteiger partial charge in [0.1, 0.15) is 4.90 Å². The molecular weight excluding hydrogens is 518 g/mol. The molecule has 16 heteroatoms. The van der Waals surface area contributed by atoms with Crippen LogP contribution in [-0.2, 0) is 25.0 Å². The Hall–Kier alpha value is -1.42. The number of amides is 1. The van der Waals surface area contributed by atoms with Gasteiger partial charge in [0.05, 0.1) is 32.0 Å². The first-order valence-electron chi connectivity index (χ1n) is 8.13. The second kappa shape index (κ2) is 9.83. The molecule has 0 aliphatic carbocycles. The fourth-order valence-corrected chi connectivity index (χ4v) is 4.36. The summed E-state index contributed by atoms with van der Waals surface area (Å²) in [6.07, 6.45) is 0. The molecule has 11 nitrogen and oxygen atoms in total. The first-order chi connectivity index (χ1) is 14.3. The number of carbonyl (C=O) groups is 1. The Bertz CT molecular complexity index is 1350. The number of rotatable bonds is 5. The molecular formula is C16H12Cl2N4NaO7S2+. The van der Waals surface area contributed by atoms with Crippen LogP contribution in [0.15, 0.2) is 61.5 Å². The van der Waals surface area contributed by atoms with E-state index in [1.807, 2.05) is 0 Å². The summed E-state index contributed by atoms with van der Waals surface area (Å²) < 4.78 is 62.9. The van der Waals surface area contributed by atoms with E-state index in [0.717, 1.165) is 29.3 Å². The van der Waals surface area contributed by atoms with Crippen molar-refractivity contribution in [2.45, 2.75) is 22.8 Å². The molecule has 1 heterocycles. The molecule has 2 aromatic carbocycles. The van der Waals surface area contributed by atoms with Crippen LogP contribution in [0.2, 0.25) is 10.0 Å². The summed E-state index contributed by atoms with van der Waals surface area (Å²) in [5.74, 6) is -0.659. The normalized spacial score (nSPS) is 16.9. The summed E-state index contributed by atoms with van der Waals surface area (Å²) >= 11 is 11.9. The third-order valence-electron chi connectivity index (χ3n) is 4.03. The van der Waals surface area contributed by atoms with E-state index in [9.17, 15) is 26.2 Å². The third-order valence-corrected chi connectivity index (χ3v) is 6.52. The zero-order chi connectivity index (χ0) is 23.1. The Morgan fingerprint density at radius 3 is 2.12 bits per heavy atom. The van der Waals surface area contributed by atoms with E-state index >= 15 is 0 Å². The van der Waals surface area contributed by atoms with Gasteiger partial charge < -0.3 is 0 Å². The van der Waals surface area contributed by atoms with Crippen molar-refractivity contribution >= 4 is 66.4 Å². The number of halogens is 2. The number of carbonyl (C=O) groups excluding carboxylic acids is 1. The number of azo groups is 1. The molecule has 164 valence electrons. The minimum atomic E-state index is -4.63. The number of hydrazone groups is 1. The minimum absolute atomic E-state index is 0. The molecule has 32 heavy (non-hydrogen) atoms. The molecule has 1 aliphatic heterocycles. The first-order valence-corrected chi connectivity index (χ1v) is 11.8. The number of benzene rings is 2. The van der Waals surface area contributed by atoms with Crippen LogP contribution < -0.4 is 34.6 Å². The second-order valence-electron chi connectivity index (χ2n) is 6.19. The topological polar surface area (TPSA) is 166 Å². The quantitative estimate of drug-likeness (QED) is 0.320. The van der Waals surface area contributed by atoms with Crippen LogP contribution in [0.1, 0.15) is 6.92 Å². The molecule has 0 fully saturated rings. The summed E-state index contributed by atoms with van der Waals surface area (Å²) in [6.45, 7) is 1.51. The van der Waals surface area contributed by atoms with Crippen molar-refractivity contribution in [3.05, 3.63) is 46.4 Å². The van der Waals surface area contributed by atoms with Gasteiger partial charge >= 0.3 is 29.6 Å². The van der Waals surface area contributed by atoms with E-state index in [0.29, 0.717) is 0 Å². The second-order valence-corrected chi connectivity index (χ2v) is 9.81. The van der Waals surface area contributed by atoms with Gasteiger partial charge in [-0.2, -0.15) is 37.2 Å². The Kier molecular flexibility index (Phi) is 8.24. The van der Waals surface area contributed by atoms with Crippen molar-refractivity contribution in [3.8, 4) is 0 Å². The van der Waals surface area contributed by atoms with Crippen LogP contribution in [0.3, 0.4) is 0 Å². The summed E-state index contributed by atoms with van der Waals surface area (Å²) in [4.78, 5) is 11.8. The van der Waals surface area contributed by atoms with Gasteiger partial charge in [-0.25, -0.2) is 0 Å². The number of anilines is 1. The molecule has 3 rings (SSSR count). The van der Waals surface area contributed by atoms with Crippen LogP contribution in [0.5, 0.6) is 0 Å². The maximum atomic E-state index is 12.7. The Morgan fingerprint density at radius 1 is 1.00 bits per heavy atom. The molecule has 1 amide bonds. The van der Waals surface area contributed by atoms with E-state index in [-0.39, 0.29) is 61.6 Å². The van der Waals surface area contributed by atoms with Gasteiger partial charge in [-0.15, -0.1) is 0 Å². The number of hydrogen-bond donors (Lipinski definition) is 2. The van der Waals surface area contributed by atoms with Crippen molar-refractivity contribution in [1.29, 1.82) is 0 Å². The maximum Gasteiger partial charge on any atom is 1.00 e. The van der Waals surface area contributed by atoms with E-state index < -0.39 is 37.1 Å². The van der Waals surface area contributed by atoms with Crippen LogP contribution in [0.25, 0.3) is 0 Å². The molecule has 2 N–H and O–H groups in total. The molecule has 0 saturated heterocycles. The molecule has 1 atom stereocenters. The van der Waals surface area contributed by atoms with Crippen molar-refractivity contribution in [2.75, 3.05) is 5.01 Å². The number of nitrogens with zero attached hydrogens (tertiary/aromatic N) is 4. The molecule has 0 bridgehead atoms. The van der Waals surface area contributed by atoms with E-state index in [1.165, 1.54) is 19.1 Å². The van der Waals surface area contributed by atoms with Gasteiger partial charge in [-0.3, -0.25) is 13.9 Å². The van der Waals surface area contributed by atoms with Gasteiger partial charge in [0.2, 0.25) is 0 Å². The van der Waals surface area contributed by atoms with Crippen LogP contribution >= 0.6 is 23.2 Å². The van der Waals surface area contributed by atoms with Crippen molar-refractivity contribution in [1.82, 2.24) is 0 Å². The largest absolute Gasteiger partial charge is 1.00 e. The van der Waals surface area contributed by atoms with Crippen molar-refractivity contribution in [2.24, 2.45) is 15.3 Å². The SMILES string of the molecule is CC1=NN(c2cc(Cl)c(S(=O)(=O)O)cc2Cl)C(=O)C1N=Nc1ccc(S(=O)(=O)O)cc1.[Na+]. The Balaban J connectivity index is 0.00000363. The predicted octanol–water partition coefficient (Wildman–Crippen LogP) is 0.366. The molecule has 0 aromatic heterocycles. The fourth-order valence-electron chi connectivity index (χ4n) is 2.55. The zero-order valence-electron chi connectivity index (χ0n) is 16.3. The summed E-state index contributed by atoms with van der Waals surface area (Å²) in [5, 5.41) is 12.1. The molecule has 0 spiro atoms. The summed E-state index contributed by atoms with van der Waals surface area (Å²) in [5.41, 5.74) is 0.429. The van der Waals surface area contributed by atoms with Crippen molar-refractivity contribution < 1.29 is 60.3 Å². The van der Waals surface area contributed by atoms with Gasteiger partial charge in [-0.1, -0.05) is 23.2 Å². The Labute approximate surface area is 214 Å². The molecule has 0 radical (unpaired) electrons. The number of hydrogen-bond acceptors (Lipinski definition) is 8. The first kappa shape index (κ1) is 26.8. The van der Waals surface area contributed by atoms with Gasteiger partial charge in [0.15, 0.2) is 6.04 Å². The van der Waals surface area contributed by atoms with Crippen LogP contribution in [0, 0.1) is 0 Å². The van der Waals surface area contributed by atoms with Gasteiger partial charge in [0.25, 0.3) is 26.1 Å². The van der Waals surface area contributed by atoms with Crippen LogP contribution in [0.4, 0.5) is 11.4 Å². The molecule has 2 aromatic rings. The average Bonchev–Trinajstić information content (AvgIpc) is 2.94. The maximum absolute atomic E-state index is 12.7. The van der Waals surface area contributed by atoms with E-state index in [2.05, 4.69) is 15.3 Å².